The first-order chi connectivity index (χ1) is 8.38. The largest absolute Gasteiger partial charge is 0.465 e. The maximum absolute atomic E-state index is 13.8. The van der Waals surface area contributed by atoms with Crippen LogP contribution in [0.5, 0.6) is 0 Å². The van der Waals surface area contributed by atoms with Crippen LogP contribution < -0.4 is 5.73 Å². The fourth-order valence-corrected chi connectivity index (χ4v) is 3.30. The van der Waals surface area contributed by atoms with Gasteiger partial charge in [0.25, 0.3) is 0 Å². The molecule has 1 unspecified atom stereocenters. The van der Waals surface area contributed by atoms with E-state index in [2.05, 4.69) is 20.7 Å². The average molecular weight is 467 g/mol. The Morgan fingerprint density at radius 1 is 1.63 bits per heavy atom. The molecule has 0 heterocycles. The van der Waals surface area contributed by atoms with E-state index in [9.17, 15) is 9.18 Å². The Bertz CT molecular complexity index is 472. The molecule has 0 spiro atoms. The molecule has 19 heavy (non-hydrogen) atoms. The van der Waals surface area contributed by atoms with Crippen molar-refractivity contribution in [3.05, 3.63) is 31.1 Å². The first-order valence-corrected chi connectivity index (χ1v) is 7.26. The Labute approximate surface area is 140 Å². The minimum atomic E-state index is -0.534. The molecule has 1 atom stereocenters. The van der Waals surface area contributed by atoms with Gasteiger partial charge in [0.05, 0.1) is 17.1 Å². The summed E-state index contributed by atoms with van der Waals surface area (Å²) in [5.41, 5.74) is 6.71. The third-order valence-corrected chi connectivity index (χ3v) is 4.59. The van der Waals surface area contributed by atoms with Gasteiger partial charge in [-0.15, -0.1) is 12.4 Å². The molecule has 0 aromatic heterocycles. The second-order valence-corrected chi connectivity index (χ2v) is 5.89. The van der Waals surface area contributed by atoms with Crippen LogP contribution in [0.3, 0.4) is 0 Å². The first kappa shape index (κ1) is 19.1. The van der Waals surface area contributed by atoms with Crippen LogP contribution in [-0.2, 0) is 11.2 Å². The predicted octanol–water partition coefficient (Wildman–Crippen LogP) is 3.68. The molecular formula is C12H15BrClFINO2. The van der Waals surface area contributed by atoms with E-state index in [1.54, 1.807) is 0 Å². The van der Waals surface area contributed by atoms with Gasteiger partial charge in [0.2, 0.25) is 0 Å². The summed E-state index contributed by atoms with van der Waals surface area (Å²) in [5.74, 6) is -0.997. The Morgan fingerprint density at radius 3 is 2.68 bits per heavy atom. The van der Waals surface area contributed by atoms with E-state index < -0.39 is 11.8 Å². The summed E-state index contributed by atoms with van der Waals surface area (Å²) in [6, 6.07) is 1.21. The lowest BCUT2D eigenvalue weighted by Gasteiger charge is -2.13. The van der Waals surface area contributed by atoms with Gasteiger partial charge in [-0.3, -0.25) is 0 Å². The summed E-state index contributed by atoms with van der Waals surface area (Å²) in [7, 11) is 1.28. The highest BCUT2D eigenvalue weighted by molar-refractivity contribution is 14.1. The zero-order valence-electron chi connectivity index (χ0n) is 10.5. The van der Waals surface area contributed by atoms with E-state index in [1.807, 2.05) is 29.5 Å². The average Bonchev–Trinajstić information content (AvgIpc) is 2.32. The number of methoxy groups -OCH3 is 1. The molecule has 0 fully saturated rings. The van der Waals surface area contributed by atoms with E-state index in [0.29, 0.717) is 14.5 Å². The molecule has 0 aliphatic heterocycles. The van der Waals surface area contributed by atoms with E-state index in [1.165, 1.54) is 13.2 Å². The van der Waals surface area contributed by atoms with E-state index >= 15 is 0 Å². The third kappa shape index (κ3) is 4.84. The molecule has 108 valence electrons. The summed E-state index contributed by atoms with van der Waals surface area (Å²) in [4.78, 5) is 11.6. The van der Waals surface area contributed by atoms with E-state index in [4.69, 9.17) is 5.73 Å². The number of halogens is 4. The zero-order chi connectivity index (χ0) is 13.9. The molecule has 0 saturated carbocycles. The van der Waals surface area contributed by atoms with Crippen molar-refractivity contribution in [3.63, 3.8) is 0 Å². The van der Waals surface area contributed by atoms with Crippen LogP contribution in [0.4, 0.5) is 4.39 Å². The maximum atomic E-state index is 13.8. The van der Waals surface area contributed by atoms with Gasteiger partial charge in [-0.1, -0.05) is 0 Å². The number of nitrogens with two attached hydrogens (primary N) is 1. The maximum Gasteiger partial charge on any atom is 0.339 e. The Morgan fingerprint density at radius 2 is 2.21 bits per heavy atom. The Kier molecular flexibility index (Phi) is 8.42. The molecule has 3 nitrogen and oxygen atoms in total. The van der Waals surface area contributed by atoms with Gasteiger partial charge >= 0.3 is 5.97 Å². The summed E-state index contributed by atoms with van der Waals surface area (Å²) in [6.45, 7) is 1.89. The summed E-state index contributed by atoms with van der Waals surface area (Å²) in [5, 5.41) is 0. The van der Waals surface area contributed by atoms with E-state index in [0.717, 1.165) is 12.0 Å². The molecule has 0 radical (unpaired) electrons. The molecule has 7 heteroatoms. The molecule has 1 aromatic rings. The molecule has 1 aromatic carbocycles. The predicted molar refractivity (Wildman–Crippen MR) is 87.4 cm³/mol. The van der Waals surface area contributed by atoms with E-state index in [-0.39, 0.29) is 24.0 Å². The monoisotopic (exact) mass is 465 g/mol. The molecule has 0 bridgehead atoms. The molecule has 1 rings (SSSR count). The second-order valence-electron chi connectivity index (χ2n) is 4.02. The summed E-state index contributed by atoms with van der Waals surface area (Å²) >= 11 is 5.24. The van der Waals surface area contributed by atoms with Gasteiger partial charge in [-0.2, -0.15) is 0 Å². The Balaban J connectivity index is 0.00000324. The number of hydrogen-bond acceptors (Lipinski definition) is 3. The van der Waals surface area contributed by atoms with Crippen molar-refractivity contribution in [1.82, 2.24) is 0 Å². The SMILES string of the molecule is COC(=O)c1cc(F)c(Br)c(CCC(C)N)c1I.Cl. The quantitative estimate of drug-likeness (QED) is 0.419. The minimum absolute atomic E-state index is 0. The lowest BCUT2D eigenvalue weighted by atomic mass is 10.0. The number of carbonyl (C=O) groups is 1. The molecule has 0 saturated heterocycles. The Hall–Kier alpha value is 0.0800. The van der Waals surface area contributed by atoms with Crippen LogP contribution in [0.25, 0.3) is 0 Å². The van der Waals surface area contributed by atoms with Crippen molar-refractivity contribution in [1.29, 1.82) is 0 Å². The van der Waals surface area contributed by atoms with Gasteiger partial charge in [-0.05, 0) is 69.9 Å². The number of benzene rings is 1. The van der Waals surface area contributed by atoms with Gasteiger partial charge in [0.1, 0.15) is 5.82 Å². The normalized spacial score (nSPS) is 11.7. The van der Waals surface area contributed by atoms with Crippen molar-refractivity contribution in [3.8, 4) is 0 Å². The lowest BCUT2D eigenvalue weighted by Crippen LogP contribution is -2.16. The van der Waals surface area contributed by atoms with Crippen LogP contribution in [0.15, 0.2) is 10.5 Å². The molecule has 0 aliphatic rings. The third-order valence-electron chi connectivity index (χ3n) is 2.50. The van der Waals surface area contributed by atoms with Gasteiger partial charge in [-0.25, -0.2) is 9.18 Å². The van der Waals surface area contributed by atoms with Crippen LogP contribution in [-0.4, -0.2) is 19.1 Å². The van der Waals surface area contributed by atoms with Crippen molar-refractivity contribution in [2.45, 2.75) is 25.8 Å². The van der Waals surface area contributed by atoms with Crippen molar-refractivity contribution < 1.29 is 13.9 Å². The van der Waals surface area contributed by atoms with Crippen LogP contribution >= 0.6 is 50.9 Å². The number of ether oxygens (including phenoxy) is 1. The number of esters is 1. The summed E-state index contributed by atoms with van der Waals surface area (Å²) < 4.78 is 19.5. The summed E-state index contributed by atoms with van der Waals surface area (Å²) in [6.07, 6.45) is 1.33. The number of hydrogen-bond donors (Lipinski definition) is 1. The highest BCUT2D eigenvalue weighted by Gasteiger charge is 2.19. The molecule has 2 N–H and O–H groups in total. The first-order valence-electron chi connectivity index (χ1n) is 5.38. The topological polar surface area (TPSA) is 52.3 Å². The molecule has 0 amide bonds. The van der Waals surface area contributed by atoms with Gasteiger partial charge < -0.3 is 10.5 Å². The second kappa shape index (κ2) is 8.39. The lowest BCUT2D eigenvalue weighted by molar-refractivity contribution is 0.0598. The smallest absolute Gasteiger partial charge is 0.339 e. The number of rotatable bonds is 4. The van der Waals surface area contributed by atoms with Gasteiger partial charge in [0, 0.05) is 9.61 Å². The fraction of sp³-hybridized carbons (Fsp3) is 0.417. The fourth-order valence-electron chi connectivity index (χ4n) is 1.51. The zero-order valence-corrected chi connectivity index (χ0v) is 15.1. The highest BCUT2D eigenvalue weighted by atomic mass is 127. The minimum Gasteiger partial charge on any atom is -0.465 e. The van der Waals surface area contributed by atoms with Crippen LogP contribution in [0, 0.1) is 9.39 Å². The van der Waals surface area contributed by atoms with Crippen molar-refractivity contribution in [2.24, 2.45) is 5.73 Å². The molecular weight excluding hydrogens is 451 g/mol. The van der Waals surface area contributed by atoms with Crippen LogP contribution in [0.1, 0.15) is 29.3 Å². The van der Waals surface area contributed by atoms with Crippen LogP contribution in [0.2, 0.25) is 0 Å². The highest BCUT2D eigenvalue weighted by Crippen LogP contribution is 2.30. The van der Waals surface area contributed by atoms with Crippen molar-refractivity contribution in [2.75, 3.05) is 7.11 Å². The number of carbonyl (C=O) groups excluding carboxylic acids is 1. The van der Waals surface area contributed by atoms with Crippen molar-refractivity contribution >= 4 is 56.9 Å². The standard InChI is InChI=1S/C12H14BrFINO2.ClH/c1-6(16)3-4-7-10(13)9(14)5-8(11(7)15)12(17)18-2;/h5-6H,3-4,16H2,1-2H3;1H. The van der Waals surface area contributed by atoms with Gasteiger partial charge in [0.15, 0.2) is 0 Å². The molecule has 0 aliphatic carbocycles.